The van der Waals surface area contributed by atoms with Gasteiger partial charge in [-0.05, 0) is 44.1 Å². The summed E-state index contributed by atoms with van der Waals surface area (Å²) in [6, 6.07) is 3.88. The molecule has 1 aliphatic rings. The van der Waals surface area contributed by atoms with Gasteiger partial charge in [0.2, 0.25) is 5.88 Å². The number of nitrogens with two attached hydrogens (primary N) is 1. The van der Waals surface area contributed by atoms with E-state index in [1.165, 1.54) is 12.8 Å². The maximum Gasteiger partial charge on any atom is 0.218 e. The molecule has 3 heteroatoms. The number of nitrogens with zero attached hydrogens (tertiary/aromatic N) is 1. The van der Waals surface area contributed by atoms with Crippen LogP contribution in [0.25, 0.3) is 0 Å². The van der Waals surface area contributed by atoms with Gasteiger partial charge in [-0.2, -0.15) is 0 Å². The SMILES string of the molecule is C[C@@H](N)c1cccnc1OC1CCC(C)(C)CC1. The molecule has 0 aromatic carbocycles. The lowest BCUT2D eigenvalue weighted by Crippen LogP contribution is -2.29. The molecule has 1 aromatic rings. The molecular formula is C15H24N2O. The first kappa shape index (κ1) is 13.3. The molecule has 1 saturated carbocycles. The predicted molar refractivity (Wildman–Crippen MR) is 73.5 cm³/mol. The van der Waals surface area contributed by atoms with Crippen LogP contribution in [0.4, 0.5) is 0 Å². The third-order valence-electron chi connectivity index (χ3n) is 3.86. The number of pyridine rings is 1. The summed E-state index contributed by atoms with van der Waals surface area (Å²) in [4.78, 5) is 4.33. The highest BCUT2D eigenvalue weighted by Crippen LogP contribution is 2.36. The smallest absolute Gasteiger partial charge is 0.218 e. The summed E-state index contributed by atoms with van der Waals surface area (Å²) < 4.78 is 6.05. The zero-order chi connectivity index (χ0) is 13.2. The van der Waals surface area contributed by atoms with E-state index < -0.39 is 0 Å². The number of hydrogen-bond acceptors (Lipinski definition) is 3. The van der Waals surface area contributed by atoms with Crippen LogP contribution in [0.5, 0.6) is 5.88 Å². The summed E-state index contributed by atoms with van der Waals surface area (Å²) in [6.45, 7) is 6.63. The van der Waals surface area contributed by atoms with E-state index >= 15 is 0 Å². The Labute approximate surface area is 110 Å². The molecule has 2 rings (SSSR count). The number of aromatic nitrogens is 1. The van der Waals surface area contributed by atoms with Crippen molar-refractivity contribution in [3.63, 3.8) is 0 Å². The zero-order valence-corrected chi connectivity index (χ0v) is 11.6. The first-order chi connectivity index (χ1) is 8.48. The van der Waals surface area contributed by atoms with Gasteiger partial charge in [-0.15, -0.1) is 0 Å². The summed E-state index contributed by atoms with van der Waals surface area (Å²) >= 11 is 0. The van der Waals surface area contributed by atoms with E-state index in [-0.39, 0.29) is 6.04 Å². The van der Waals surface area contributed by atoms with Crippen LogP contribution in [0.15, 0.2) is 18.3 Å². The van der Waals surface area contributed by atoms with Gasteiger partial charge in [0.05, 0.1) is 0 Å². The molecule has 18 heavy (non-hydrogen) atoms. The molecule has 1 aliphatic carbocycles. The average molecular weight is 248 g/mol. The Morgan fingerprint density at radius 3 is 2.67 bits per heavy atom. The molecule has 3 nitrogen and oxygen atoms in total. The van der Waals surface area contributed by atoms with Gasteiger partial charge in [0.15, 0.2) is 0 Å². The van der Waals surface area contributed by atoms with Gasteiger partial charge in [0, 0.05) is 17.8 Å². The monoisotopic (exact) mass is 248 g/mol. The van der Waals surface area contributed by atoms with Gasteiger partial charge in [0.1, 0.15) is 6.10 Å². The standard InChI is InChI=1S/C15H24N2O/c1-11(16)13-5-4-10-17-14(13)18-12-6-8-15(2,3)9-7-12/h4-5,10-12H,6-9,16H2,1-3H3/t11-/m1/s1. The predicted octanol–water partition coefficient (Wildman–Crippen LogP) is 3.45. The Bertz CT molecular complexity index is 391. The fraction of sp³-hybridized carbons (Fsp3) is 0.667. The average Bonchev–Trinajstić information content (AvgIpc) is 2.32. The van der Waals surface area contributed by atoms with Crippen molar-refractivity contribution < 1.29 is 4.74 Å². The Morgan fingerprint density at radius 2 is 2.06 bits per heavy atom. The maximum atomic E-state index is 6.05. The molecule has 1 heterocycles. The molecule has 0 saturated heterocycles. The second-order valence-electron chi connectivity index (χ2n) is 6.17. The molecule has 0 aliphatic heterocycles. The minimum atomic E-state index is -0.0336. The second kappa shape index (κ2) is 5.27. The summed E-state index contributed by atoms with van der Waals surface area (Å²) in [5.41, 5.74) is 7.41. The first-order valence-electron chi connectivity index (χ1n) is 6.85. The first-order valence-corrected chi connectivity index (χ1v) is 6.85. The van der Waals surface area contributed by atoms with Crippen molar-refractivity contribution in [2.75, 3.05) is 0 Å². The highest BCUT2D eigenvalue weighted by Gasteiger charge is 2.28. The van der Waals surface area contributed by atoms with Crippen LogP contribution in [0.1, 0.15) is 58.1 Å². The van der Waals surface area contributed by atoms with Crippen molar-refractivity contribution in [3.05, 3.63) is 23.9 Å². The summed E-state index contributed by atoms with van der Waals surface area (Å²) in [6.07, 6.45) is 6.74. The summed E-state index contributed by atoms with van der Waals surface area (Å²) in [7, 11) is 0. The Balaban J connectivity index is 2.02. The maximum absolute atomic E-state index is 6.05. The molecule has 1 atom stereocenters. The third-order valence-corrected chi connectivity index (χ3v) is 3.86. The molecule has 1 fully saturated rings. The van der Waals surface area contributed by atoms with Crippen molar-refractivity contribution in [1.82, 2.24) is 4.98 Å². The fourth-order valence-corrected chi connectivity index (χ4v) is 2.50. The topological polar surface area (TPSA) is 48.1 Å². The van der Waals surface area contributed by atoms with Crippen molar-refractivity contribution >= 4 is 0 Å². The van der Waals surface area contributed by atoms with Crippen LogP contribution in [-0.4, -0.2) is 11.1 Å². The van der Waals surface area contributed by atoms with Gasteiger partial charge < -0.3 is 10.5 Å². The van der Waals surface area contributed by atoms with Crippen molar-refractivity contribution in [1.29, 1.82) is 0 Å². The number of ether oxygens (including phenoxy) is 1. The van der Waals surface area contributed by atoms with Gasteiger partial charge in [0.25, 0.3) is 0 Å². The summed E-state index contributed by atoms with van der Waals surface area (Å²) in [5.74, 6) is 0.720. The van der Waals surface area contributed by atoms with Crippen molar-refractivity contribution in [2.24, 2.45) is 11.1 Å². The lowest BCUT2D eigenvalue weighted by atomic mass is 9.76. The highest BCUT2D eigenvalue weighted by molar-refractivity contribution is 5.28. The van der Waals surface area contributed by atoms with E-state index in [2.05, 4.69) is 18.8 Å². The Hall–Kier alpha value is -1.09. The highest BCUT2D eigenvalue weighted by atomic mass is 16.5. The largest absolute Gasteiger partial charge is 0.474 e. The number of rotatable bonds is 3. The molecule has 0 bridgehead atoms. The molecule has 1 aromatic heterocycles. The molecule has 0 spiro atoms. The van der Waals surface area contributed by atoms with Crippen molar-refractivity contribution in [2.45, 2.75) is 58.6 Å². The van der Waals surface area contributed by atoms with Gasteiger partial charge >= 0.3 is 0 Å². The molecule has 0 amide bonds. The van der Waals surface area contributed by atoms with Gasteiger partial charge in [-0.1, -0.05) is 19.9 Å². The zero-order valence-electron chi connectivity index (χ0n) is 11.6. The Morgan fingerprint density at radius 1 is 1.39 bits per heavy atom. The second-order valence-corrected chi connectivity index (χ2v) is 6.17. The van der Waals surface area contributed by atoms with E-state index in [9.17, 15) is 0 Å². The minimum Gasteiger partial charge on any atom is -0.474 e. The van der Waals surface area contributed by atoms with E-state index in [1.54, 1.807) is 6.20 Å². The quantitative estimate of drug-likeness (QED) is 0.891. The Kier molecular flexibility index (Phi) is 3.91. The van der Waals surface area contributed by atoms with Crippen LogP contribution in [0.2, 0.25) is 0 Å². The van der Waals surface area contributed by atoms with Crippen LogP contribution in [-0.2, 0) is 0 Å². The molecule has 2 N–H and O–H groups in total. The fourth-order valence-electron chi connectivity index (χ4n) is 2.50. The lowest BCUT2D eigenvalue weighted by Gasteiger charge is -2.34. The van der Waals surface area contributed by atoms with Crippen LogP contribution >= 0.6 is 0 Å². The van der Waals surface area contributed by atoms with E-state index in [0.29, 0.717) is 11.5 Å². The lowest BCUT2D eigenvalue weighted by molar-refractivity contribution is 0.0937. The van der Waals surface area contributed by atoms with Crippen LogP contribution in [0.3, 0.4) is 0 Å². The van der Waals surface area contributed by atoms with Crippen molar-refractivity contribution in [3.8, 4) is 5.88 Å². The van der Waals surface area contributed by atoms with E-state index in [1.807, 2.05) is 19.1 Å². The third kappa shape index (κ3) is 3.22. The number of hydrogen-bond donors (Lipinski definition) is 1. The van der Waals surface area contributed by atoms with Gasteiger partial charge in [-0.25, -0.2) is 4.98 Å². The summed E-state index contributed by atoms with van der Waals surface area (Å²) in [5, 5.41) is 0. The molecular weight excluding hydrogens is 224 g/mol. The molecule has 0 unspecified atom stereocenters. The molecule has 0 radical (unpaired) electrons. The van der Waals surface area contributed by atoms with Gasteiger partial charge in [-0.3, -0.25) is 0 Å². The van der Waals surface area contributed by atoms with Crippen LogP contribution in [0, 0.1) is 5.41 Å². The molecule has 100 valence electrons. The normalized spacial score (nSPS) is 21.6. The van der Waals surface area contributed by atoms with Crippen LogP contribution < -0.4 is 10.5 Å². The van der Waals surface area contributed by atoms with E-state index in [4.69, 9.17) is 10.5 Å². The van der Waals surface area contributed by atoms with E-state index in [0.717, 1.165) is 24.3 Å². The minimum absolute atomic E-state index is 0.0336.